The highest BCUT2D eigenvalue weighted by atomic mass is 16.4. The van der Waals surface area contributed by atoms with E-state index in [4.69, 9.17) is 4.42 Å². The van der Waals surface area contributed by atoms with Gasteiger partial charge in [0.25, 0.3) is 0 Å². The van der Waals surface area contributed by atoms with Crippen LogP contribution in [0, 0.1) is 0 Å². The highest BCUT2D eigenvalue weighted by Crippen LogP contribution is 2.25. The third-order valence-corrected chi connectivity index (χ3v) is 3.80. The number of rotatable bonds is 5. The lowest BCUT2D eigenvalue weighted by atomic mass is 9.94. The first-order valence-corrected chi connectivity index (χ1v) is 8.17. The van der Waals surface area contributed by atoms with Crippen LogP contribution >= 0.6 is 0 Å². The minimum Gasteiger partial charge on any atom is -0.443 e. The van der Waals surface area contributed by atoms with E-state index in [-0.39, 0.29) is 5.41 Å². The van der Waals surface area contributed by atoms with Gasteiger partial charge in [-0.2, -0.15) is 0 Å². The van der Waals surface area contributed by atoms with Gasteiger partial charge in [-0.05, 0) is 19.1 Å². The molecule has 3 rings (SSSR count). The molecule has 2 N–H and O–H groups in total. The van der Waals surface area contributed by atoms with E-state index in [0.717, 1.165) is 16.8 Å². The summed E-state index contributed by atoms with van der Waals surface area (Å²) in [4.78, 5) is 9.02. The van der Waals surface area contributed by atoms with Crippen LogP contribution in [0.4, 0.5) is 5.95 Å². The minimum absolute atomic E-state index is 0.0738. The van der Waals surface area contributed by atoms with E-state index >= 15 is 0 Å². The molecule has 0 bridgehead atoms. The van der Waals surface area contributed by atoms with Gasteiger partial charge in [-0.1, -0.05) is 32.9 Å². The molecule has 0 amide bonds. The van der Waals surface area contributed by atoms with Crippen LogP contribution in [0.15, 0.2) is 34.9 Å². The van der Waals surface area contributed by atoms with E-state index < -0.39 is 6.10 Å². The average Bonchev–Trinajstić information content (AvgIpc) is 3.11. The van der Waals surface area contributed by atoms with Gasteiger partial charge in [0.1, 0.15) is 12.3 Å². The Morgan fingerprint density at radius 3 is 2.71 bits per heavy atom. The van der Waals surface area contributed by atoms with Gasteiger partial charge in [0.15, 0.2) is 0 Å². The fourth-order valence-electron chi connectivity index (χ4n) is 2.47. The van der Waals surface area contributed by atoms with Crippen LogP contribution in [-0.2, 0) is 12.0 Å². The predicted molar refractivity (Wildman–Crippen MR) is 94.2 cm³/mol. The molecule has 6 heteroatoms. The third kappa shape index (κ3) is 3.43. The summed E-state index contributed by atoms with van der Waals surface area (Å²) in [6.45, 7) is 8.95. The molecule has 3 aromatic rings. The van der Waals surface area contributed by atoms with Crippen molar-refractivity contribution in [3.05, 3.63) is 42.1 Å². The number of aliphatic hydroxyl groups is 1. The number of nitrogens with one attached hydrogen (secondary N) is 1. The number of aliphatic hydroxyl groups excluding tert-OH is 1. The summed E-state index contributed by atoms with van der Waals surface area (Å²) in [5.41, 5.74) is 1.82. The lowest BCUT2D eigenvalue weighted by Crippen LogP contribution is -2.18. The van der Waals surface area contributed by atoms with Gasteiger partial charge >= 0.3 is 0 Å². The number of nitrogens with zero attached hydrogens (tertiary/aromatic N) is 3. The van der Waals surface area contributed by atoms with Gasteiger partial charge in [0.05, 0.1) is 23.3 Å². The number of hydrogen-bond donors (Lipinski definition) is 2. The van der Waals surface area contributed by atoms with Crippen molar-refractivity contribution in [2.45, 2.75) is 45.8 Å². The Kier molecular flexibility index (Phi) is 4.32. The molecule has 0 saturated carbocycles. The lowest BCUT2D eigenvalue weighted by Gasteiger charge is -2.13. The van der Waals surface area contributed by atoms with Gasteiger partial charge in [0, 0.05) is 12.0 Å². The lowest BCUT2D eigenvalue weighted by molar-refractivity contribution is 0.208. The van der Waals surface area contributed by atoms with Crippen LogP contribution in [0.25, 0.3) is 11.0 Å². The summed E-state index contributed by atoms with van der Waals surface area (Å²) in [5.74, 6) is 2.20. The predicted octanol–water partition coefficient (Wildman–Crippen LogP) is 3.16. The molecule has 0 radical (unpaired) electrons. The molecular formula is C18H24N4O2. The molecule has 0 saturated heterocycles. The van der Waals surface area contributed by atoms with Crippen molar-refractivity contribution >= 4 is 17.0 Å². The van der Waals surface area contributed by atoms with Crippen LogP contribution < -0.4 is 5.32 Å². The van der Waals surface area contributed by atoms with E-state index in [9.17, 15) is 5.11 Å². The van der Waals surface area contributed by atoms with Gasteiger partial charge in [0.2, 0.25) is 11.8 Å². The van der Waals surface area contributed by atoms with Crippen molar-refractivity contribution < 1.29 is 9.52 Å². The maximum absolute atomic E-state index is 9.53. The molecule has 24 heavy (non-hydrogen) atoms. The molecule has 0 spiro atoms. The van der Waals surface area contributed by atoms with Crippen LogP contribution in [-0.4, -0.2) is 32.3 Å². The highest BCUT2D eigenvalue weighted by Gasteiger charge is 2.20. The van der Waals surface area contributed by atoms with Crippen molar-refractivity contribution in [1.82, 2.24) is 14.5 Å². The number of fused-ring (bicyclic) bond motifs is 1. The monoisotopic (exact) mass is 328 g/mol. The number of benzene rings is 1. The van der Waals surface area contributed by atoms with E-state index in [1.165, 1.54) is 0 Å². The summed E-state index contributed by atoms with van der Waals surface area (Å²) < 4.78 is 7.94. The van der Waals surface area contributed by atoms with Crippen LogP contribution in [0.5, 0.6) is 0 Å². The zero-order chi connectivity index (χ0) is 17.3. The second-order valence-electron chi connectivity index (χ2n) is 7.11. The maximum atomic E-state index is 9.53. The number of imidazole rings is 1. The number of para-hydroxylation sites is 2. The van der Waals surface area contributed by atoms with Gasteiger partial charge in [-0.25, -0.2) is 9.97 Å². The number of oxazole rings is 1. The Hall–Kier alpha value is -2.34. The molecule has 6 nitrogen and oxygen atoms in total. The number of anilines is 1. The minimum atomic E-state index is -0.451. The first-order valence-electron chi connectivity index (χ1n) is 8.17. The molecule has 1 unspecified atom stereocenters. The SMILES string of the molecule is CC(O)CNc1nc2ccccc2n1Cc1ncc(C(C)(C)C)o1. The summed E-state index contributed by atoms with van der Waals surface area (Å²) in [6.07, 6.45) is 1.34. The fourth-order valence-corrected chi connectivity index (χ4v) is 2.47. The molecule has 2 aromatic heterocycles. The molecule has 0 aliphatic heterocycles. The van der Waals surface area contributed by atoms with Crippen molar-refractivity contribution in [3.8, 4) is 0 Å². The van der Waals surface area contributed by atoms with Crippen LogP contribution in [0.2, 0.25) is 0 Å². The Balaban J connectivity index is 1.94. The first-order chi connectivity index (χ1) is 11.3. The molecule has 1 atom stereocenters. The summed E-state index contributed by atoms with van der Waals surface area (Å²) >= 11 is 0. The van der Waals surface area contributed by atoms with Crippen molar-refractivity contribution in [1.29, 1.82) is 0 Å². The summed E-state index contributed by atoms with van der Waals surface area (Å²) in [7, 11) is 0. The smallest absolute Gasteiger partial charge is 0.214 e. The van der Waals surface area contributed by atoms with E-state index in [1.54, 1.807) is 13.1 Å². The maximum Gasteiger partial charge on any atom is 0.214 e. The standard InChI is InChI=1S/C18H24N4O2/c1-12(23)9-20-17-21-13-7-5-6-8-14(13)22(17)11-16-19-10-15(24-16)18(2,3)4/h5-8,10,12,23H,9,11H2,1-4H3,(H,20,21). The van der Waals surface area contributed by atoms with E-state index in [2.05, 4.69) is 36.1 Å². The second-order valence-corrected chi connectivity index (χ2v) is 7.11. The number of hydrogen-bond acceptors (Lipinski definition) is 5. The summed E-state index contributed by atoms with van der Waals surface area (Å²) in [5, 5.41) is 12.7. The van der Waals surface area contributed by atoms with E-state index in [1.807, 2.05) is 28.8 Å². The third-order valence-electron chi connectivity index (χ3n) is 3.80. The quantitative estimate of drug-likeness (QED) is 0.752. The van der Waals surface area contributed by atoms with Crippen molar-refractivity contribution in [2.75, 3.05) is 11.9 Å². The van der Waals surface area contributed by atoms with Gasteiger partial charge in [-0.3, -0.25) is 0 Å². The molecule has 0 fully saturated rings. The zero-order valence-corrected chi connectivity index (χ0v) is 14.6. The Labute approximate surface area is 141 Å². The Morgan fingerprint density at radius 1 is 1.29 bits per heavy atom. The van der Waals surface area contributed by atoms with Crippen LogP contribution in [0.1, 0.15) is 39.3 Å². The highest BCUT2D eigenvalue weighted by molar-refractivity contribution is 5.78. The summed E-state index contributed by atoms with van der Waals surface area (Å²) in [6, 6.07) is 7.93. The second kappa shape index (κ2) is 6.28. The molecule has 0 aliphatic rings. The average molecular weight is 328 g/mol. The fraction of sp³-hybridized carbons (Fsp3) is 0.444. The largest absolute Gasteiger partial charge is 0.443 e. The Bertz CT molecular complexity index is 827. The normalized spacial score (nSPS) is 13.4. The van der Waals surface area contributed by atoms with Crippen LogP contribution in [0.3, 0.4) is 0 Å². The van der Waals surface area contributed by atoms with Gasteiger partial charge < -0.3 is 19.4 Å². The zero-order valence-electron chi connectivity index (χ0n) is 14.6. The topological polar surface area (TPSA) is 76.1 Å². The van der Waals surface area contributed by atoms with Crippen molar-refractivity contribution in [2.24, 2.45) is 0 Å². The molecule has 1 aromatic carbocycles. The molecular weight excluding hydrogens is 304 g/mol. The molecule has 2 heterocycles. The molecule has 128 valence electrons. The number of aromatic nitrogens is 3. The van der Waals surface area contributed by atoms with Crippen molar-refractivity contribution in [3.63, 3.8) is 0 Å². The Morgan fingerprint density at radius 2 is 2.04 bits per heavy atom. The van der Waals surface area contributed by atoms with E-state index in [0.29, 0.717) is 24.9 Å². The molecule has 0 aliphatic carbocycles. The first kappa shape index (κ1) is 16.5. The van der Waals surface area contributed by atoms with Gasteiger partial charge in [-0.15, -0.1) is 0 Å².